The lowest BCUT2D eigenvalue weighted by Crippen LogP contribution is -3.00. The second-order valence-corrected chi connectivity index (χ2v) is 5.22. The van der Waals surface area contributed by atoms with Gasteiger partial charge in [0.1, 0.15) is 12.6 Å². The quantitative estimate of drug-likeness (QED) is 0.339. The summed E-state index contributed by atoms with van der Waals surface area (Å²) in [7, 11) is 2.10. The van der Waals surface area contributed by atoms with Crippen LogP contribution in [0.5, 0.6) is 0 Å². The average Bonchev–Trinajstić information content (AvgIpc) is 2.79. The molecule has 4 rings (SSSR count). The fourth-order valence-electron chi connectivity index (χ4n) is 2.84. The van der Waals surface area contributed by atoms with Crippen molar-refractivity contribution in [3.05, 3.63) is 53.6 Å². The van der Waals surface area contributed by atoms with Crippen LogP contribution in [0.1, 0.15) is 0 Å². The summed E-state index contributed by atoms with van der Waals surface area (Å²) in [6.45, 7) is 0. The van der Waals surface area contributed by atoms with E-state index in [1.807, 2.05) is 12.1 Å². The summed E-state index contributed by atoms with van der Waals surface area (Å²) in [4.78, 5) is 3.43. The lowest BCUT2D eigenvalue weighted by Gasteiger charge is -1.98. The fourth-order valence-corrected chi connectivity index (χ4v) is 3.07. The third-order valence-corrected chi connectivity index (χ3v) is 4.03. The number of para-hydroxylation sites is 2. The Morgan fingerprint density at radius 2 is 1.85 bits per heavy atom. The van der Waals surface area contributed by atoms with Gasteiger partial charge in [-0.2, -0.15) is 4.57 Å². The highest BCUT2D eigenvalue weighted by Gasteiger charge is 2.17. The van der Waals surface area contributed by atoms with Crippen LogP contribution in [0.25, 0.3) is 32.8 Å². The first-order valence-electron chi connectivity index (χ1n) is 6.23. The van der Waals surface area contributed by atoms with Crippen molar-refractivity contribution in [3.8, 4) is 0 Å². The number of aryl methyl sites for hydroxylation is 1. The van der Waals surface area contributed by atoms with E-state index in [9.17, 15) is 0 Å². The number of aromatic amines is 1. The topological polar surface area (TPSA) is 19.7 Å². The molecule has 0 amide bonds. The number of halogens is 2. The molecule has 0 fully saturated rings. The van der Waals surface area contributed by atoms with E-state index >= 15 is 0 Å². The third kappa shape index (κ3) is 1.80. The lowest BCUT2D eigenvalue weighted by atomic mass is 10.1. The molecule has 0 saturated carbocycles. The van der Waals surface area contributed by atoms with Crippen LogP contribution in [-0.4, -0.2) is 4.98 Å². The van der Waals surface area contributed by atoms with Crippen LogP contribution in [0, 0.1) is 0 Å². The fraction of sp³-hybridized carbons (Fsp3) is 0.0625. The van der Waals surface area contributed by atoms with Gasteiger partial charge in [-0.15, -0.1) is 0 Å². The zero-order valence-corrected chi connectivity index (χ0v) is 13.7. The number of hydrogen-bond acceptors (Lipinski definition) is 0. The molecule has 2 aromatic heterocycles. The van der Waals surface area contributed by atoms with Crippen LogP contribution in [0.4, 0.5) is 0 Å². The van der Waals surface area contributed by atoms with Gasteiger partial charge in [0.05, 0.1) is 15.9 Å². The Labute approximate surface area is 138 Å². The van der Waals surface area contributed by atoms with Crippen molar-refractivity contribution in [1.29, 1.82) is 0 Å². The zero-order chi connectivity index (χ0) is 13.0. The van der Waals surface area contributed by atoms with Crippen molar-refractivity contribution >= 4 is 44.4 Å². The summed E-state index contributed by atoms with van der Waals surface area (Å²) in [6, 6.07) is 16.6. The summed E-state index contributed by atoms with van der Waals surface area (Å²) in [5.74, 6) is 0. The maximum Gasteiger partial charge on any atom is 0.238 e. The van der Waals surface area contributed by atoms with Gasteiger partial charge < -0.3 is 29.0 Å². The minimum absolute atomic E-state index is 0. The summed E-state index contributed by atoms with van der Waals surface area (Å²) < 4.78 is 2.22. The standard InChI is InChI=1S/C16H11ClN2.HI/c1-19-14-8-3-2-5-10(14)9-13-16(19)11-6-4-7-12(17)15(11)18-13;/h2-9H,1H3;1H. The van der Waals surface area contributed by atoms with Crippen molar-refractivity contribution in [2.75, 3.05) is 0 Å². The Morgan fingerprint density at radius 3 is 2.70 bits per heavy atom. The molecule has 0 aliphatic rings. The van der Waals surface area contributed by atoms with Gasteiger partial charge in [0.2, 0.25) is 11.0 Å². The number of rotatable bonds is 0. The Kier molecular flexibility index (Phi) is 3.34. The Morgan fingerprint density at radius 1 is 1.05 bits per heavy atom. The van der Waals surface area contributed by atoms with Crippen LogP contribution < -0.4 is 28.5 Å². The summed E-state index contributed by atoms with van der Waals surface area (Å²) in [5.41, 5.74) is 4.53. The molecular formula is C16H12ClIN2. The smallest absolute Gasteiger partial charge is 0.238 e. The Hall–Kier alpha value is -1.33. The second kappa shape index (κ2) is 4.90. The first-order chi connectivity index (χ1) is 9.25. The first-order valence-corrected chi connectivity index (χ1v) is 6.61. The average molecular weight is 395 g/mol. The zero-order valence-electron chi connectivity index (χ0n) is 10.8. The van der Waals surface area contributed by atoms with Gasteiger partial charge >= 0.3 is 0 Å². The second-order valence-electron chi connectivity index (χ2n) is 4.81. The van der Waals surface area contributed by atoms with Crippen LogP contribution in [0.3, 0.4) is 0 Å². The normalized spacial score (nSPS) is 11.1. The van der Waals surface area contributed by atoms with Crippen molar-refractivity contribution in [2.45, 2.75) is 0 Å². The van der Waals surface area contributed by atoms with Gasteiger partial charge in [-0.3, -0.25) is 0 Å². The van der Waals surface area contributed by atoms with Crippen molar-refractivity contribution < 1.29 is 28.5 Å². The summed E-state index contributed by atoms with van der Waals surface area (Å²) in [6.07, 6.45) is 0. The number of aromatic nitrogens is 2. The molecule has 0 radical (unpaired) electrons. The van der Waals surface area contributed by atoms with E-state index in [1.54, 1.807) is 0 Å². The molecule has 100 valence electrons. The molecule has 1 N–H and O–H groups in total. The molecule has 0 bridgehead atoms. The van der Waals surface area contributed by atoms with E-state index in [0.29, 0.717) is 0 Å². The molecule has 20 heavy (non-hydrogen) atoms. The van der Waals surface area contributed by atoms with E-state index < -0.39 is 0 Å². The highest BCUT2D eigenvalue weighted by Crippen LogP contribution is 2.29. The summed E-state index contributed by atoms with van der Waals surface area (Å²) in [5, 5.41) is 3.15. The molecule has 0 spiro atoms. The number of benzene rings is 2. The van der Waals surface area contributed by atoms with E-state index in [-0.39, 0.29) is 24.0 Å². The van der Waals surface area contributed by atoms with Crippen LogP contribution in [-0.2, 0) is 7.05 Å². The number of nitrogens with one attached hydrogen (secondary N) is 1. The Bertz CT molecular complexity index is 943. The predicted molar refractivity (Wildman–Crippen MR) is 79.5 cm³/mol. The molecule has 2 heterocycles. The molecule has 0 aliphatic carbocycles. The van der Waals surface area contributed by atoms with Crippen LogP contribution >= 0.6 is 11.6 Å². The molecule has 0 unspecified atom stereocenters. The lowest BCUT2D eigenvalue weighted by molar-refractivity contribution is -0.616. The highest BCUT2D eigenvalue weighted by atomic mass is 127. The number of nitrogens with zero attached hydrogens (tertiary/aromatic N) is 1. The monoisotopic (exact) mass is 394 g/mol. The largest absolute Gasteiger partial charge is 1.00 e. The van der Waals surface area contributed by atoms with Crippen molar-refractivity contribution in [2.24, 2.45) is 7.05 Å². The van der Waals surface area contributed by atoms with E-state index in [4.69, 9.17) is 11.6 Å². The van der Waals surface area contributed by atoms with Crippen molar-refractivity contribution in [3.63, 3.8) is 0 Å². The molecule has 0 atom stereocenters. The van der Waals surface area contributed by atoms with Crippen LogP contribution in [0.15, 0.2) is 48.5 Å². The van der Waals surface area contributed by atoms with Gasteiger partial charge in [-0.05, 0) is 24.3 Å². The van der Waals surface area contributed by atoms with Gasteiger partial charge in [-0.25, -0.2) is 0 Å². The number of H-pyrrole nitrogens is 1. The van der Waals surface area contributed by atoms with Gasteiger partial charge in [0.15, 0.2) is 0 Å². The molecule has 4 aromatic rings. The van der Waals surface area contributed by atoms with E-state index in [1.165, 1.54) is 16.4 Å². The predicted octanol–water partition coefficient (Wildman–Crippen LogP) is 0.956. The molecule has 2 nitrogen and oxygen atoms in total. The van der Waals surface area contributed by atoms with Crippen molar-refractivity contribution in [1.82, 2.24) is 4.98 Å². The number of fused-ring (bicyclic) bond motifs is 4. The van der Waals surface area contributed by atoms with Gasteiger partial charge in [0.25, 0.3) is 0 Å². The maximum absolute atomic E-state index is 6.27. The van der Waals surface area contributed by atoms with E-state index in [2.05, 4.69) is 53.0 Å². The van der Waals surface area contributed by atoms with Gasteiger partial charge in [-0.1, -0.05) is 29.8 Å². The highest BCUT2D eigenvalue weighted by molar-refractivity contribution is 6.36. The minimum atomic E-state index is 0. The number of pyridine rings is 1. The molecule has 0 aliphatic heterocycles. The molecule has 4 heteroatoms. The molecule has 0 saturated heterocycles. The SMILES string of the molecule is C[n+]1c2ccccc2cc2[nH]c3c(Cl)cccc3c21.[I-]. The van der Waals surface area contributed by atoms with E-state index in [0.717, 1.165) is 21.4 Å². The number of hydrogen-bond donors (Lipinski definition) is 1. The maximum atomic E-state index is 6.27. The third-order valence-electron chi connectivity index (χ3n) is 3.72. The molecular weight excluding hydrogens is 383 g/mol. The van der Waals surface area contributed by atoms with Crippen LogP contribution in [0.2, 0.25) is 5.02 Å². The first kappa shape index (κ1) is 13.6. The minimum Gasteiger partial charge on any atom is -1.00 e. The Balaban J connectivity index is 0.00000121. The van der Waals surface area contributed by atoms with Gasteiger partial charge in [0, 0.05) is 11.5 Å². The summed E-state index contributed by atoms with van der Waals surface area (Å²) >= 11 is 6.27. The molecule has 2 aromatic carbocycles.